The highest BCUT2D eigenvalue weighted by Crippen LogP contribution is 2.31. The molecule has 0 aliphatic rings. The molecule has 0 bridgehead atoms. The van der Waals surface area contributed by atoms with E-state index in [0.717, 1.165) is 14.6 Å². The Morgan fingerprint density at radius 2 is 1.78 bits per heavy atom. The quantitative estimate of drug-likeness (QED) is 0.401. The summed E-state index contributed by atoms with van der Waals surface area (Å²) in [5.74, 6) is -0.297. The third kappa shape index (κ3) is 5.36. The molecule has 5 nitrogen and oxygen atoms in total. The monoisotopic (exact) mass is 461 g/mol. The van der Waals surface area contributed by atoms with Gasteiger partial charge in [0.15, 0.2) is 0 Å². The van der Waals surface area contributed by atoms with Gasteiger partial charge in [-0.05, 0) is 80.4 Å². The second kappa shape index (κ2) is 9.54. The first-order valence-corrected chi connectivity index (χ1v) is 11.8. The highest BCUT2D eigenvalue weighted by atomic mass is 32.2. The van der Waals surface area contributed by atoms with E-state index in [1.165, 1.54) is 26.8 Å². The maximum Gasteiger partial charge on any atom is 0.267 e. The topological polar surface area (TPSA) is 64.0 Å². The fourth-order valence-electron chi connectivity index (χ4n) is 3.15. The first-order chi connectivity index (χ1) is 15.4. The van der Waals surface area contributed by atoms with Gasteiger partial charge in [-0.1, -0.05) is 23.9 Å². The average molecular weight is 462 g/mol. The summed E-state index contributed by atoms with van der Waals surface area (Å²) >= 11 is 3.29. The van der Waals surface area contributed by atoms with Crippen LogP contribution in [0.15, 0.2) is 81.3 Å². The van der Waals surface area contributed by atoms with E-state index in [1.807, 2.05) is 43.3 Å². The predicted octanol–water partition coefficient (Wildman–Crippen LogP) is 5.69. The highest BCUT2D eigenvalue weighted by molar-refractivity contribution is 7.99. The number of hydrogen-bond donors (Lipinski definition) is 1. The van der Waals surface area contributed by atoms with Gasteiger partial charge in [0.25, 0.3) is 5.56 Å². The molecule has 2 heterocycles. The van der Waals surface area contributed by atoms with E-state index in [0.29, 0.717) is 11.4 Å². The third-order valence-electron chi connectivity index (χ3n) is 4.86. The van der Waals surface area contributed by atoms with Gasteiger partial charge in [-0.15, -0.1) is 11.3 Å². The first-order valence-electron chi connectivity index (χ1n) is 10.2. The molecule has 32 heavy (non-hydrogen) atoms. The van der Waals surface area contributed by atoms with Gasteiger partial charge in [-0.3, -0.25) is 9.59 Å². The number of nitrogens with one attached hydrogen (secondary N) is 1. The van der Waals surface area contributed by atoms with E-state index in [2.05, 4.69) is 42.5 Å². The molecule has 0 aliphatic heterocycles. The lowest BCUT2D eigenvalue weighted by atomic mass is 10.2. The number of carbonyl (C=O) groups excluding carboxylic acids is 1. The third-order valence-corrected chi connectivity index (χ3v) is 7.05. The molecular weight excluding hydrogens is 438 g/mol. The average Bonchev–Trinajstić information content (AvgIpc) is 3.20. The predicted molar refractivity (Wildman–Crippen MR) is 132 cm³/mol. The Hall–Kier alpha value is -3.16. The summed E-state index contributed by atoms with van der Waals surface area (Å²) in [6, 6.07) is 21.2. The molecule has 7 heteroatoms. The molecule has 0 fully saturated rings. The van der Waals surface area contributed by atoms with Crippen LogP contribution in [0, 0.1) is 20.8 Å². The molecule has 0 spiro atoms. The van der Waals surface area contributed by atoms with Crippen molar-refractivity contribution in [2.45, 2.75) is 37.1 Å². The summed E-state index contributed by atoms with van der Waals surface area (Å²) in [5, 5.41) is 7.21. The van der Waals surface area contributed by atoms with E-state index < -0.39 is 0 Å². The largest absolute Gasteiger partial charge is 0.324 e. The number of nitrogens with zero attached hydrogens (tertiary/aromatic N) is 2. The molecule has 0 aliphatic carbocycles. The van der Waals surface area contributed by atoms with Crippen molar-refractivity contribution < 1.29 is 4.79 Å². The van der Waals surface area contributed by atoms with Crippen LogP contribution >= 0.6 is 23.1 Å². The minimum atomic E-state index is -0.308. The van der Waals surface area contributed by atoms with Gasteiger partial charge in [-0.25, -0.2) is 4.68 Å². The Bertz CT molecular complexity index is 1320. The van der Waals surface area contributed by atoms with Gasteiger partial charge in [0.2, 0.25) is 5.91 Å². The second-order valence-corrected chi connectivity index (χ2v) is 9.97. The number of rotatable bonds is 6. The Labute approximate surface area is 195 Å². The number of hydrogen-bond acceptors (Lipinski definition) is 5. The van der Waals surface area contributed by atoms with Crippen molar-refractivity contribution in [2.75, 3.05) is 5.32 Å². The van der Waals surface area contributed by atoms with Crippen molar-refractivity contribution in [3.63, 3.8) is 0 Å². The molecule has 2 aromatic carbocycles. The fourth-order valence-corrected chi connectivity index (χ4v) is 4.99. The first kappa shape index (κ1) is 22.0. The summed E-state index contributed by atoms with van der Waals surface area (Å²) in [4.78, 5) is 29.2. The lowest BCUT2D eigenvalue weighted by Gasteiger charge is -2.09. The van der Waals surface area contributed by atoms with Crippen molar-refractivity contribution in [1.82, 2.24) is 9.78 Å². The van der Waals surface area contributed by atoms with Crippen LogP contribution in [0.25, 0.3) is 10.6 Å². The van der Waals surface area contributed by atoms with Crippen LogP contribution in [0.3, 0.4) is 0 Å². The lowest BCUT2D eigenvalue weighted by Crippen LogP contribution is -2.29. The van der Waals surface area contributed by atoms with Gasteiger partial charge >= 0.3 is 0 Å². The number of carbonyl (C=O) groups is 1. The van der Waals surface area contributed by atoms with Crippen molar-refractivity contribution in [2.24, 2.45) is 0 Å². The molecule has 1 amide bonds. The summed E-state index contributed by atoms with van der Waals surface area (Å²) in [7, 11) is 0. The molecule has 1 N–H and O–H groups in total. The molecule has 0 atom stereocenters. The van der Waals surface area contributed by atoms with Crippen LogP contribution in [0.1, 0.15) is 16.0 Å². The Morgan fingerprint density at radius 1 is 1.00 bits per heavy atom. The Kier molecular flexibility index (Phi) is 6.58. The molecular formula is C25H23N3O2S2. The molecule has 4 rings (SSSR count). The molecule has 2 aromatic heterocycles. The molecule has 162 valence electrons. The number of anilines is 1. The number of aromatic nitrogens is 2. The summed E-state index contributed by atoms with van der Waals surface area (Å²) in [6.45, 7) is 6.06. The van der Waals surface area contributed by atoms with Crippen LogP contribution in [0.2, 0.25) is 0 Å². The smallest absolute Gasteiger partial charge is 0.267 e. The van der Waals surface area contributed by atoms with Gasteiger partial charge in [-0.2, -0.15) is 5.10 Å². The summed E-state index contributed by atoms with van der Waals surface area (Å²) < 4.78 is 1.20. The zero-order chi connectivity index (χ0) is 22.7. The normalized spacial score (nSPS) is 10.8. The molecule has 0 radical (unpaired) electrons. The SMILES string of the molecule is Cc1ccc(C)c(Sc2ccc(NC(=O)Cn3nc(-c4ccc(C)s4)ccc3=O)cc2)c1. The molecule has 4 aromatic rings. The second-order valence-electron chi connectivity index (χ2n) is 7.57. The van der Waals surface area contributed by atoms with E-state index in [9.17, 15) is 9.59 Å². The maximum atomic E-state index is 12.5. The van der Waals surface area contributed by atoms with Crippen molar-refractivity contribution in [1.29, 1.82) is 0 Å². The van der Waals surface area contributed by atoms with Crippen LogP contribution in [-0.2, 0) is 11.3 Å². The fraction of sp³-hybridized carbons (Fsp3) is 0.160. The van der Waals surface area contributed by atoms with Crippen molar-refractivity contribution in [3.05, 3.63) is 93.1 Å². The van der Waals surface area contributed by atoms with Crippen LogP contribution in [0.4, 0.5) is 5.69 Å². The minimum Gasteiger partial charge on any atom is -0.324 e. The van der Waals surface area contributed by atoms with E-state index in [4.69, 9.17) is 0 Å². The van der Waals surface area contributed by atoms with Crippen LogP contribution in [-0.4, -0.2) is 15.7 Å². The summed E-state index contributed by atoms with van der Waals surface area (Å²) in [5.41, 5.74) is 3.51. The highest BCUT2D eigenvalue weighted by Gasteiger charge is 2.10. The van der Waals surface area contributed by atoms with Gasteiger partial charge in [0, 0.05) is 26.4 Å². The van der Waals surface area contributed by atoms with E-state index >= 15 is 0 Å². The molecule has 0 unspecified atom stereocenters. The number of thiophene rings is 1. The molecule has 0 saturated heterocycles. The summed E-state index contributed by atoms with van der Waals surface area (Å²) in [6.07, 6.45) is 0. The van der Waals surface area contributed by atoms with Crippen molar-refractivity contribution in [3.8, 4) is 10.6 Å². The zero-order valence-corrected chi connectivity index (χ0v) is 19.7. The Balaban J connectivity index is 1.42. The maximum absolute atomic E-state index is 12.5. The van der Waals surface area contributed by atoms with Gasteiger partial charge < -0.3 is 5.32 Å². The van der Waals surface area contributed by atoms with Gasteiger partial charge in [0.1, 0.15) is 12.2 Å². The number of benzene rings is 2. The van der Waals surface area contributed by atoms with Crippen LogP contribution < -0.4 is 10.9 Å². The van der Waals surface area contributed by atoms with Crippen LogP contribution in [0.5, 0.6) is 0 Å². The zero-order valence-electron chi connectivity index (χ0n) is 18.1. The lowest BCUT2D eigenvalue weighted by molar-refractivity contribution is -0.117. The Morgan fingerprint density at radius 3 is 2.50 bits per heavy atom. The van der Waals surface area contributed by atoms with E-state index in [1.54, 1.807) is 29.2 Å². The number of amides is 1. The van der Waals surface area contributed by atoms with Crippen molar-refractivity contribution >= 4 is 34.7 Å². The molecule has 0 saturated carbocycles. The number of aryl methyl sites for hydroxylation is 3. The van der Waals surface area contributed by atoms with E-state index in [-0.39, 0.29) is 18.0 Å². The van der Waals surface area contributed by atoms with Gasteiger partial charge in [0.05, 0.1) is 4.88 Å². The minimum absolute atomic E-state index is 0.143. The standard InChI is InChI=1S/C25H23N3O2S2/c1-16-4-5-17(2)23(14-16)32-20-9-7-19(8-10-20)26-24(29)15-28-25(30)13-11-21(27-28)22-12-6-18(3)31-22/h4-14H,15H2,1-3H3,(H,26,29).